The lowest BCUT2D eigenvalue weighted by Gasteiger charge is -2.08. The molecule has 0 fully saturated rings. The first-order valence-corrected chi connectivity index (χ1v) is 7.58. The van der Waals surface area contributed by atoms with Gasteiger partial charge in [-0.25, -0.2) is 4.98 Å². The standard InChI is InChI=1S/C18H17N.C2H6/c1-12-4-7-15(8-5-12)18-11-14(3)16-10-13(2)6-9-17(16)19-18;1-2/h4-11H,1-3H3;1-2H3. The summed E-state index contributed by atoms with van der Waals surface area (Å²) in [5.41, 5.74) is 7.13. The Balaban J connectivity index is 0.000000774. The molecule has 0 unspecified atom stereocenters. The van der Waals surface area contributed by atoms with Gasteiger partial charge in [-0.15, -0.1) is 0 Å². The predicted molar refractivity (Wildman–Crippen MR) is 92.7 cm³/mol. The molecule has 0 spiro atoms. The quantitative estimate of drug-likeness (QED) is 0.543. The zero-order valence-electron chi connectivity index (χ0n) is 13.6. The number of nitrogens with zero attached hydrogens (tertiary/aromatic N) is 1. The number of aromatic nitrogens is 1. The van der Waals surface area contributed by atoms with Crippen molar-refractivity contribution in [3.05, 3.63) is 65.2 Å². The molecule has 108 valence electrons. The molecule has 0 saturated heterocycles. The molecule has 1 aromatic heterocycles. The van der Waals surface area contributed by atoms with E-state index in [1.54, 1.807) is 0 Å². The fraction of sp³-hybridized carbons (Fsp3) is 0.250. The summed E-state index contributed by atoms with van der Waals surface area (Å²) in [6, 6.07) is 17.1. The van der Waals surface area contributed by atoms with Gasteiger partial charge in [0.25, 0.3) is 0 Å². The number of hydrogen-bond donors (Lipinski definition) is 0. The molecule has 0 N–H and O–H groups in total. The molecule has 0 bridgehead atoms. The highest BCUT2D eigenvalue weighted by molar-refractivity contribution is 5.85. The Morgan fingerprint density at radius 1 is 0.714 bits per heavy atom. The summed E-state index contributed by atoms with van der Waals surface area (Å²) in [4.78, 5) is 4.78. The summed E-state index contributed by atoms with van der Waals surface area (Å²) in [7, 11) is 0. The maximum atomic E-state index is 4.78. The molecule has 0 saturated carbocycles. The van der Waals surface area contributed by atoms with Crippen LogP contribution in [-0.2, 0) is 0 Å². The second-order valence-electron chi connectivity index (χ2n) is 5.21. The van der Waals surface area contributed by atoms with Crippen molar-refractivity contribution in [2.75, 3.05) is 0 Å². The van der Waals surface area contributed by atoms with Crippen LogP contribution in [0.1, 0.15) is 30.5 Å². The highest BCUT2D eigenvalue weighted by Gasteiger charge is 2.05. The van der Waals surface area contributed by atoms with E-state index < -0.39 is 0 Å². The van der Waals surface area contributed by atoms with Crippen LogP contribution in [0.2, 0.25) is 0 Å². The van der Waals surface area contributed by atoms with Gasteiger partial charge in [-0.05, 0) is 44.5 Å². The van der Waals surface area contributed by atoms with E-state index in [2.05, 4.69) is 69.3 Å². The third-order valence-corrected chi connectivity index (χ3v) is 3.52. The zero-order chi connectivity index (χ0) is 15.4. The summed E-state index contributed by atoms with van der Waals surface area (Å²) in [5, 5.41) is 1.25. The molecule has 0 radical (unpaired) electrons. The summed E-state index contributed by atoms with van der Waals surface area (Å²) < 4.78 is 0. The van der Waals surface area contributed by atoms with E-state index in [0.29, 0.717) is 0 Å². The number of pyridine rings is 1. The fourth-order valence-corrected chi connectivity index (χ4v) is 2.38. The lowest BCUT2D eigenvalue weighted by molar-refractivity contribution is 1.34. The molecule has 0 atom stereocenters. The van der Waals surface area contributed by atoms with E-state index in [9.17, 15) is 0 Å². The monoisotopic (exact) mass is 277 g/mol. The molecule has 0 aliphatic heterocycles. The molecular formula is C20H23N. The molecule has 1 heterocycles. The number of hydrogen-bond acceptors (Lipinski definition) is 1. The first-order valence-electron chi connectivity index (χ1n) is 7.58. The van der Waals surface area contributed by atoms with Gasteiger partial charge in [-0.3, -0.25) is 0 Å². The Kier molecular flexibility index (Phi) is 4.74. The van der Waals surface area contributed by atoms with E-state index in [0.717, 1.165) is 11.2 Å². The van der Waals surface area contributed by atoms with E-state index in [4.69, 9.17) is 4.98 Å². The van der Waals surface area contributed by atoms with Crippen LogP contribution in [0.5, 0.6) is 0 Å². The van der Waals surface area contributed by atoms with Crippen molar-refractivity contribution in [3.63, 3.8) is 0 Å². The van der Waals surface area contributed by atoms with Crippen molar-refractivity contribution in [2.45, 2.75) is 34.6 Å². The van der Waals surface area contributed by atoms with Crippen molar-refractivity contribution >= 4 is 10.9 Å². The molecule has 1 nitrogen and oxygen atoms in total. The average molecular weight is 277 g/mol. The van der Waals surface area contributed by atoms with E-state index in [1.165, 1.54) is 27.6 Å². The molecule has 2 aromatic carbocycles. The van der Waals surface area contributed by atoms with Gasteiger partial charge in [0, 0.05) is 10.9 Å². The SMILES string of the molecule is CC.Cc1ccc(-c2cc(C)c3cc(C)ccc3n2)cc1. The third-order valence-electron chi connectivity index (χ3n) is 3.52. The summed E-state index contributed by atoms with van der Waals surface area (Å²) in [6.45, 7) is 10.4. The molecule has 3 aromatic rings. The van der Waals surface area contributed by atoms with E-state index in [-0.39, 0.29) is 0 Å². The second kappa shape index (κ2) is 6.53. The van der Waals surface area contributed by atoms with Crippen LogP contribution < -0.4 is 0 Å². The largest absolute Gasteiger partial charge is 0.248 e. The number of fused-ring (bicyclic) bond motifs is 1. The summed E-state index contributed by atoms with van der Waals surface area (Å²) >= 11 is 0. The molecular weight excluding hydrogens is 254 g/mol. The van der Waals surface area contributed by atoms with Crippen LogP contribution >= 0.6 is 0 Å². The molecule has 0 amide bonds. The Labute approximate surface area is 127 Å². The minimum atomic E-state index is 1.05. The predicted octanol–water partition coefficient (Wildman–Crippen LogP) is 5.85. The summed E-state index contributed by atoms with van der Waals surface area (Å²) in [6.07, 6.45) is 0. The first-order chi connectivity index (χ1) is 10.1. The normalized spacial score (nSPS) is 10.1. The fourth-order valence-electron chi connectivity index (χ4n) is 2.38. The topological polar surface area (TPSA) is 12.9 Å². The van der Waals surface area contributed by atoms with Crippen molar-refractivity contribution in [1.29, 1.82) is 0 Å². The lowest BCUT2D eigenvalue weighted by atomic mass is 10.0. The summed E-state index contributed by atoms with van der Waals surface area (Å²) in [5.74, 6) is 0. The van der Waals surface area contributed by atoms with Crippen molar-refractivity contribution < 1.29 is 0 Å². The lowest BCUT2D eigenvalue weighted by Crippen LogP contribution is -1.89. The highest BCUT2D eigenvalue weighted by Crippen LogP contribution is 2.25. The van der Waals surface area contributed by atoms with Crippen molar-refractivity contribution in [1.82, 2.24) is 4.98 Å². The van der Waals surface area contributed by atoms with E-state index in [1.807, 2.05) is 13.8 Å². The number of aryl methyl sites for hydroxylation is 3. The van der Waals surface area contributed by atoms with Gasteiger partial charge in [0.15, 0.2) is 0 Å². The Bertz CT molecular complexity index is 740. The van der Waals surface area contributed by atoms with E-state index >= 15 is 0 Å². The minimum Gasteiger partial charge on any atom is -0.248 e. The zero-order valence-corrected chi connectivity index (χ0v) is 13.6. The van der Waals surface area contributed by atoms with Crippen molar-refractivity contribution in [2.24, 2.45) is 0 Å². The molecule has 0 aliphatic rings. The smallest absolute Gasteiger partial charge is 0.0712 e. The van der Waals surface area contributed by atoms with Crippen LogP contribution in [-0.4, -0.2) is 4.98 Å². The maximum Gasteiger partial charge on any atom is 0.0712 e. The van der Waals surface area contributed by atoms with Crippen LogP contribution in [0.3, 0.4) is 0 Å². The highest BCUT2D eigenvalue weighted by atomic mass is 14.7. The maximum absolute atomic E-state index is 4.78. The molecule has 3 rings (SSSR count). The van der Waals surface area contributed by atoms with Crippen LogP contribution in [0, 0.1) is 20.8 Å². The van der Waals surface area contributed by atoms with Gasteiger partial charge in [-0.2, -0.15) is 0 Å². The molecule has 0 aliphatic carbocycles. The van der Waals surface area contributed by atoms with Gasteiger partial charge < -0.3 is 0 Å². The Morgan fingerprint density at radius 3 is 2.00 bits per heavy atom. The van der Waals surface area contributed by atoms with Gasteiger partial charge in [-0.1, -0.05) is 55.3 Å². The third kappa shape index (κ3) is 3.30. The van der Waals surface area contributed by atoms with Crippen LogP contribution in [0.15, 0.2) is 48.5 Å². The first kappa shape index (κ1) is 15.2. The van der Waals surface area contributed by atoms with Gasteiger partial charge in [0.1, 0.15) is 0 Å². The Morgan fingerprint density at radius 2 is 1.33 bits per heavy atom. The van der Waals surface area contributed by atoms with Crippen molar-refractivity contribution in [3.8, 4) is 11.3 Å². The van der Waals surface area contributed by atoms with Crippen LogP contribution in [0.25, 0.3) is 22.2 Å². The van der Waals surface area contributed by atoms with Gasteiger partial charge in [0.05, 0.1) is 11.2 Å². The minimum absolute atomic E-state index is 1.05. The molecule has 1 heteroatoms. The number of rotatable bonds is 1. The Hall–Kier alpha value is -2.15. The van der Waals surface area contributed by atoms with Gasteiger partial charge >= 0.3 is 0 Å². The molecule has 21 heavy (non-hydrogen) atoms. The number of benzene rings is 2. The average Bonchev–Trinajstić information content (AvgIpc) is 2.50. The van der Waals surface area contributed by atoms with Gasteiger partial charge in [0.2, 0.25) is 0 Å². The second-order valence-corrected chi connectivity index (χ2v) is 5.21. The van der Waals surface area contributed by atoms with Crippen LogP contribution in [0.4, 0.5) is 0 Å².